The van der Waals surface area contributed by atoms with Gasteiger partial charge in [0, 0.05) is 17.2 Å². The zero-order valence-corrected chi connectivity index (χ0v) is 11.4. The van der Waals surface area contributed by atoms with Gasteiger partial charge < -0.3 is 4.90 Å². The van der Waals surface area contributed by atoms with Crippen molar-refractivity contribution < 1.29 is 8.42 Å². The number of rotatable bonds is 5. The van der Waals surface area contributed by atoms with Gasteiger partial charge in [-0.15, -0.1) is 0 Å². The molecule has 0 radical (unpaired) electrons. The van der Waals surface area contributed by atoms with Gasteiger partial charge in [-0.25, -0.2) is 8.42 Å². The molecule has 1 heterocycles. The molecule has 1 saturated heterocycles. The molecule has 0 aromatic rings. The predicted octanol–water partition coefficient (Wildman–Crippen LogP) is 2.23. The molecule has 1 atom stereocenters. The van der Waals surface area contributed by atoms with Gasteiger partial charge in [-0.3, -0.25) is 0 Å². The van der Waals surface area contributed by atoms with Gasteiger partial charge in [0.1, 0.15) is 0 Å². The van der Waals surface area contributed by atoms with Crippen molar-refractivity contribution in [1.29, 1.82) is 0 Å². The van der Waals surface area contributed by atoms with Crippen LogP contribution < -0.4 is 0 Å². The molecule has 16 heavy (non-hydrogen) atoms. The maximum absolute atomic E-state index is 10.9. The molecule has 94 valence electrons. The number of nitrogens with zero attached hydrogens (tertiary/aromatic N) is 1. The van der Waals surface area contributed by atoms with E-state index < -0.39 is 9.05 Å². The van der Waals surface area contributed by atoms with Crippen LogP contribution >= 0.6 is 10.7 Å². The van der Waals surface area contributed by atoms with E-state index in [-0.39, 0.29) is 5.75 Å². The molecule has 0 aromatic heterocycles. The Hall–Kier alpha value is -0.0600. The van der Waals surface area contributed by atoms with E-state index in [9.17, 15) is 8.42 Å². The minimum Gasteiger partial charge on any atom is -0.303 e. The summed E-state index contributed by atoms with van der Waals surface area (Å²) in [5.41, 5.74) is 0.734. The number of halogens is 1. The second kappa shape index (κ2) is 6.03. The van der Waals surface area contributed by atoms with E-state index in [0.717, 1.165) is 38.0 Å². The minimum absolute atomic E-state index is 0.0861. The summed E-state index contributed by atoms with van der Waals surface area (Å²) in [7, 11) is 1.77. The lowest BCUT2D eigenvalue weighted by Gasteiger charge is -2.32. The number of likely N-dealkylation sites (tertiary alicyclic amines) is 1. The third-order valence-electron chi connectivity index (χ3n) is 3.00. The molecule has 5 heteroatoms. The van der Waals surface area contributed by atoms with Crippen molar-refractivity contribution in [3.05, 3.63) is 12.2 Å². The molecule has 1 aliphatic heterocycles. The molecule has 1 unspecified atom stereocenters. The molecule has 0 amide bonds. The maximum atomic E-state index is 10.9. The number of hydrogen-bond donors (Lipinski definition) is 0. The van der Waals surface area contributed by atoms with Gasteiger partial charge in [-0.05, 0) is 38.3 Å². The van der Waals surface area contributed by atoms with Gasteiger partial charge in [0.2, 0.25) is 9.05 Å². The lowest BCUT2D eigenvalue weighted by Crippen LogP contribution is -2.35. The Morgan fingerprint density at radius 2 is 2.25 bits per heavy atom. The van der Waals surface area contributed by atoms with Gasteiger partial charge in [-0.1, -0.05) is 19.1 Å². The largest absolute Gasteiger partial charge is 0.303 e. The fourth-order valence-corrected chi connectivity index (χ4v) is 3.38. The summed E-state index contributed by atoms with van der Waals surface area (Å²) in [6, 6.07) is 0. The third kappa shape index (κ3) is 5.32. The number of hydrogen-bond acceptors (Lipinski definition) is 3. The van der Waals surface area contributed by atoms with Gasteiger partial charge in [0.25, 0.3) is 0 Å². The van der Waals surface area contributed by atoms with Crippen LogP contribution in [0.4, 0.5) is 0 Å². The normalized spacial score (nSPS) is 23.2. The van der Waals surface area contributed by atoms with Crippen molar-refractivity contribution in [3.63, 3.8) is 0 Å². The van der Waals surface area contributed by atoms with Crippen molar-refractivity contribution >= 4 is 19.7 Å². The van der Waals surface area contributed by atoms with Crippen molar-refractivity contribution in [2.45, 2.75) is 26.2 Å². The van der Waals surface area contributed by atoms with Crippen LogP contribution in [0.25, 0.3) is 0 Å². The molecule has 0 aliphatic carbocycles. The van der Waals surface area contributed by atoms with Crippen molar-refractivity contribution in [2.24, 2.45) is 5.92 Å². The lowest BCUT2D eigenvalue weighted by atomic mass is 9.92. The van der Waals surface area contributed by atoms with Gasteiger partial charge in [0.15, 0.2) is 0 Å². The smallest absolute Gasteiger partial charge is 0.236 e. The van der Waals surface area contributed by atoms with Crippen LogP contribution in [0.15, 0.2) is 12.2 Å². The van der Waals surface area contributed by atoms with E-state index in [1.165, 1.54) is 6.42 Å². The standard InChI is InChI=1S/C11H20ClNO2S/c1-3-13-6-4-5-11(8-13)7-10(2)9-16(12,14)15/h11H,2-9H2,1H3. The predicted molar refractivity (Wildman–Crippen MR) is 68.2 cm³/mol. The van der Waals surface area contributed by atoms with Crippen LogP contribution in [-0.4, -0.2) is 38.7 Å². The SMILES string of the molecule is C=C(CC1CCCN(CC)C1)CS(=O)(=O)Cl. The highest BCUT2D eigenvalue weighted by atomic mass is 35.7. The molecule has 0 saturated carbocycles. The first-order valence-corrected chi connectivity index (χ1v) is 8.20. The molecule has 0 aromatic carbocycles. The lowest BCUT2D eigenvalue weighted by molar-refractivity contribution is 0.182. The van der Waals surface area contributed by atoms with Crippen LogP contribution in [0, 0.1) is 5.92 Å². The summed E-state index contributed by atoms with van der Waals surface area (Å²) in [5.74, 6) is 0.455. The quantitative estimate of drug-likeness (QED) is 0.565. The summed E-state index contributed by atoms with van der Waals surface area (Å²) in [6.07, 6.45) is 3.14. The average Bonchev–Trinajstić information content (AvgIpc) is 2.15. The fourth-order valence-electron chi connectivity index (χ4n) is 2.32. The molecular formula is C11H20ClNO2S. The van der Waals surface area contributed by atoms with Crippen LogP contribution in [-0.2, 0) is 9.05 Å². The molecule has 0 bridgehead atoms. The van der Waals surface area contributed by atoms with Gasteiger partial charge >= 0.3 is 0 Å². The second-order valence-corrected chi connectivity index (χ2v) is 7.32. The Bertz CT molecular complexity index is 340. The third-order valence-corrected chi connectivity index (χ3v) is 4.08. The Kier molecular flexibility index (Phi) is 5.28. The van der Waals surface area contributed by atoms with Crippen LogP contribution in [0.1, 0.15) is 26.2 Å². The summed E-state index contributed by atoms with van der Waals surface area (Å²) in [4.78, 5) is 2.40. The Morgan fingerprint density at radius 3 is 2.81 bits per heavy atom. The van der Waals surface area contributed by atoms with E-state index in [4.69, 9.17) is 10.7 Å². The van der Waals surface area contributed by atoms with E-state index in [2.05, 4.69) is 18.4 Å². The van der Waals surface area contributed by atoms with Crippen molar-refractivity contribution in [2.75, 3.05) is 25.4 Å². The number of piperidine rings is 1. The van der Waals surface area contributed by atoms with E-state index in [1.54, 1.807) is 0 Å². The van der Waals surface area contributed by atoms with E-state index >= 15 is 0 Å². The first-order chi connectivity index (χ1) is 7.40. The van der Waals surface area contributed by atoms with E-state index in [0.29, 0.717) is 5.92 Å². The Labute approximate surface area is 103 Å². The molecule has 3 nitrogen and oxygen atoms in total. The van der Waals surface area contributed by atoms with Gasteiger partial charge in [-0.2, -0.15) is 0 Å². The molecule has 1 aliphatic rings. The van der Waals surface area contributed by atoms with Crippen LogP contribution in [0.5, 0.6) is 0 Å². The van der Waals surface area contributed by atoms with Crippen LogP contribution in [0.3, 0.4) is 0 Å². The minimum atomic E-state index is -3.43. The summed E-state index contributed by atoms with van der Waals surface area (Å²) < 4.78 is 21.8. The maximum Gasteiger partial charge on any atom is 0.236 e. The summed E-state index contributed by atoms with van der Waals surface area (Å²) in [5, 5.41) is 0. The summed E-state index contributed by atoms with van der Waals surface area (Å²) in [6.45, 7) is 9.24. The first-order valence-electron chi connectivity index (χ1n) is 5.72. The van der Waals surface area contributed by atoms with Crippen molar-refractivity contribution in [3.8, 4) is 0 Å². The van der Waals surface area contributed by atoms with Crippen molar-refractivity contribution in [1.82, 2.24) is 4.90 Å². The molecule has 1 rings (SSSR count). The zero-order chi connectivity index (χ0) is 12.2. The van der Waals surface area contributed by atoms with Crippen LogP contribution in [0.2, 0.25) is 0 Å². The summed E-state index contributed by atoms with van der Waals surface area (Å²) >= 11 is 0. The Morgan fingerprint density at radius 1 is 1.56 bits per heavy atom. The molecular weight excluding hydrogens is 246 g/mol. The highest BCUT2D eigenvalue weighted by Crippen LogP contribution is 2.23. The highest BCUT2D eigenvalue weighted by Gasteiger charge is 2.20. The molecule has 0 N–H and O–H groups in total. The first kappa shape index (κ1) is 14.0. The topological polar surface area (TPSA) is 37.4 Å². The fraction of sp³-hybridized carbons (Fsp3) is 0.818. The Balaban J connectivity index is 2.39. The average molecular weight is 266 g/mol. The monoisotopic (exact) mass is 265 g/mol. The molecule has 0 spiro atoms. The van der Waals surface area contributed by atoms with Gasteiger partial charge in [0.05, 0.1) is 5.75 Å². The zero-order valence-electron chi connectivity index (χ0n) is 9.78. The van der Waals surface area contributed by atoms with E-state index in [1.807, 2.05) is 0 Å². The highest BCUT2D eigenvalue weighted by molar-refractivity contribution is 8.13. The second-order valence-electron chi connectivity index (χ2n) is 4.54. The molecule has 1 fully saturated rings.